The van der Waals surface area contributed by atoms with Crippen molar-refractivity contribution in [2.45, 2.75) is 50.7 Å². The van der Waals surface area contributed by atoms with Crippen molar-refractivity contribution in [2.24, 2.45) is 5.92 Å². The van der Waals surface area contributed by atoms with Crippen LogP contribution in [0.25, 0.3) is 0 Å². The van der Waals surface area contributed by atoms with Crippen LogP contribution in [-0.2, 0) is 6.54 Å². The normalized spacial score (nSPS) is 33.3. The van der Waals surface area contributed by atoms with E-state index in [4.69, 9.17) is 0 Å². The second-order valence-corrected chi connectivity index (χ2v) is 5.11. The molecule has 3 N–H and O–H groups in total. The van der Waals surface area contributed by atoms with Crippen molar-refractivity contribution < 1.29 is 0 Å². The van der Waals surface area contributed by atoms with E-state index in [1.54, 1.807) is 0 Å². The molecule has 1 saturated heterocycles. The number of aromatic amines is 1. The van der Waals surface area contributed by atoms with E-state index < -0.39 is 0 Å². The highest BCUT2D eigenvalue weighted by Crippen LogP contribution is 2.31. The zero-order valence-corrected chi connectivity index (χ0v) is 10.0. The van der Waals surface area contributed by atoms with Gasteiger partial charge in [-0.05, 0) is 38.1 Å². The molecule has 2 heterocycles. The van der Waals surface area contributed by atoms with Gasteiger partial charge < -0.3 is 10.6 Å². The van der Waals surface area contributed by atoms with Gasteiger partial charge in [-0.1, -0.05) is 11.6 Å². The summed E-state index contributed by atoms with van der Waals surface area (Å²) in [5.74, 6) is 1.54. The smallest absolute Gasteiger partial charge is 0.188 e. The van der Waals surface area contributed by atoms with E-state index in [2.05, 4.69) is 31.3 Å². The highest BCUT2D eigenvalue weighted by atomic mass is 15.5. The standard InChI is InChI=1S/C11H20N6/c1-3-8(9-5-2-6-12-9)10(4-1)13-7-11-14-16-17-15-11/h8-10,12-13H,1-7H2,(H,14,15,16,17). The molecule has 3 rings (SSSR count). The molecular formula is C11H20N6. The van der Waals surface area contributed by atoms with Gasteiger partial charge in [0.2, 0.25) is 0 Å². The molecule has 1 aromatic rings. The highest BCUT2D eigenvalue weighted by molar-refractivity contribution is 4.93. The molecule has 94 valence electrons. The summed E-state index contributed by atoms with van der Waals surface area (Å²) >= 11 is 0. The van der Waals surface area contributed by atoms with E-state index in [9.17, 15) is 0 Å². The Hall–Kier alpha value is -1.01. The van der Waals surface area contributed by atoms with Gasteiger partial charge in [0.1, 0.15) is 0 Å². The summed E-state index contributed by atoms with van der Waals surface area (Å²) < 4.78 is 0. The molecule has 1 aliphatic heterocycles. The molecule has 0 bridgehead atoms. The van der Waals surface area contributed by atoms with Gasteiger partial charge in [-0.2, -0.15) is 5.21 Å². The first-order valence-electron chi connectivity index (χ1n) is 6.62. The minimum absolute atomic E-state index is 0.615. The summed E-state index contributed by atoms with van der Waals surface area (Å²) in [4.78, 5) is 0. The second kappa shape index (κ2) is 5.10. The summed E-state index contributed by atoms with van der Waals surface area (Å²) in [5, 5.41) is 21.2. The molecule has 17 heavy (non-hydrogen) atoms. The van der Waals surface area contributed by atoms with Gasteiger partial charge in [0.05, 0.1) is 6.54 Å². The van der Waals surface area contributed by atoms with Gasteiger partial charge in [0.25, 0.3) is 0 Å². The molecule has 1 aromatic heterocycles. The van der Waals surface area contributed by atoms with Crippen LogP contribution < -0.4 is 10.6 Å². The summed E-state index contributed by atoms with van der Waals surface area (Å²) in [6.07, 6.45) is 6.64. The lowest BCUT2D eigenvalue weighted by Gasteiger charge is -2.26. The van der Waals surface area contributed by atoms with Crippen LogP contribution in [0.4, 0.5) is 0 Å². The van der Waals surface area contributed by atoms with Crippen LogP contribution in [0.3, 0.4) is 0 Å². The first kappa shape index (κ1) is 11.1. The fraction of sp³-hybridized carbons (Fsp3) is 0.909. The van der Waals surface area contributed by atoms with Crippen molar-refractivity contribution in [3.8, 4) is 0 Å². The van der Waals surface area contributed by atoms with Crippen molar-refractivity contribution in [1.29, 1.82) is 0 Å². The fourth-order valence-electron chi connectivity index (χ4n) is 3.28. The van der Waals surface area contributed by atoms with Gasteiger partial charge in [-0.25, -0.2) is 0 Å². The van der Waals surface area contributed by atoms with Gasteiger partial charge >= 0.3 is 0 Å². The van der Waals surface area contributed by atoms with Crippen molar-refractivity contribution >= 4 is 0 Å². The van der Waals surface area contributed by atoms with E-state index in [0.717, 1.165) is 24.3 Å². The molecule has 6 nitrogen and oxygen atoms in total. The number of nitrogens with zero attached hydrogens (tertiary/aromatic N) is 3. The lowest BCUT2D eigenvalue weighted by Crippen LogP contribution is -2.41. The molecule has 0 radical (unpaired) electrons. The molecule has 0 amide bonds. The quantitative estimate of drug-likeness (QED) is 0.696. The number of tetrazole rings is 1. The zero-order valence-electron chi connectivity index (χ0n) is 10.0. The van der Waals surface area contributed by atoms with Crippen LogP contribution >= 0.6 is 0 Å². The third-order valence-corrected chi connectivity index (χ3v) is 4.10. The van der Waals surface area contributed by atoms with Crippen molar-refractivity contribution in [3.63, 3.8) is 0 Å². The first-order valence-corrected chi connectivity index (χ1v) is 6.62. The van der Waals surface area contributed by atoms with Crippen LogP contribution in [0, 0.1) is 5.92 Å². The Labute approximate surface area is 101 Å². The molecule has 0 aromatic carbocycles. The summed E-state index contributed by atoms with van der Waals surface area (Å²) in [6.45, 7) is 1.92. The Morgan fingerprint density at radius 2 is 2.24 bits per heavy atom. The average Bonchev–Trinajstić information content (AvgIpc) is 3.09. The van der Waals surface area contributed by atoms with Gasteiger partial charge in [-0.3, -0.25) is 0 Å². The Balaban J connectivity index is 1.54. The molecular weight excluding hydrogens is 216 g/mol. The summed E-state index contributed by atoms with van der Waals surface area (Å²) in [7, 11) is 0. The zero-order chi connectivity index (χ0) is 11.5. The maximum atomic E-state index is 3.97. The predicted octanol–water partition coefficient (Wildman–Crippen LogP) is 0.210. The van der Waals surface area contributed by atoms with Crippen molar-refractivity contribution in [1.82, 2.24) is 31.3 Å². The number of hydrogen-bond donors (Lipinski definition) is 3. The monoisotopic (exact) mass is 236 g/mol. The minimum atomic E-state index is 0.615. The number of H-pyrrole nitrogens is 1. The van der Waals surface area contributed by atoms with Crippen molar-refractivity contribution in [3.05, 3.63) is 5.82 Å². The van der Waals surface area contributed by atoms with E-state index in [-0.39, 0.29) is 0 Å². The summed E-state index contributed by atoms with van der Waals surface area (Å²) in [5.41, 5.74) is 0. The van der Waals surface area contributed by atoms with E-state index in [1.165, 1.54) is 38.6 Å². The van der Waals surface area contributed by atoms with Crippen LogP contribution in [0.2, 0.25) is 0 Å². The van der Waals surface area contributed by atoms with E-state index >= 15 is 0 Å². The maximum absolute atomic E-state index is 3.97. The van der Waals surface area contributed by atoms with Crippen LogP contribution in [0.15, 0.2) is 0 Å². The van der Waals surface area contributed by atoms with Crippen LogP contribution in [0.1, 0.15) is 37.9 Å². The Kier molecular flexibility index (Phi) is 3.33. The Morgan fingerprint density at radius 3 is 3.00 bits per heavy atom. The average molecular weight is 236 g/mol. The number of aromatic nitrogens is 4. The molecule has 0 spiro atoms. The molecule has 3 unspecified atom stereocenters. The number of hydrogen-bond acceptors (Lipinski definition) is 5. The third-order valence-electron chi connectivity index (χ3n) is 4.10. The van der Waals surface area contributed by atoms with Crippen LogP contribution in [0.5, 0.6) is 0 Å². The molecule has 6 heteroatoms. The number of nitrogens with one attached hydrogen (secondary N) is 3. The Morgan fingerprint density at radius 1 is 1.24 bits per heavy atom. The fourth-order valence-corrected chi connectivity index (χ4v) is 3.28. The number of rotatable bonds is 4. The van der Waals surface area contributed by atoms with E-state index in [0.29, 0.717) is 6.04 Å². The van der Waals surface area contributed by atoms with Gasteiger partial charge in [-0.15, -0.1) is 10.2 Å². The molecule has 3 atom stereocenters. The van der Waals surface area contributed by atoms with Gasteiger partial charge in [0, 0.05) is 12.1 Å². The lowest BCUT2D eigenvalue weighted by molar-refractivity contribution is 0.318. The second-order valence-electron chi connectivity index (χ2n) is 5.11. The van der Waals surface area contributed by atoms with Crippen molar-refractivity contribution in [2.75, 3.05) is 6.54 Å². The topological polar surface area (TPSA) is 78.5 Å². The van der Waals surface area contributed by atoms with E-state index in [1.807, 2.05) is 0 Å². The van der Waals surface area contributed by atoms with Gasteiger partial charge in [0.15, 0.2) is 5.82 Å². The first-order chi connectivity index (χ1) is 8.43. The molecule has 1 aliphatic carbocycles. The third kappa shape index (κ3) is 2.47. The predicted molar refractivity (Wildman–Crippen MR) is 63.2 cm³/mol. The van der Waals surface area contributed by atoms with Crippen LogP contribution in [-0.4, -0.2) is 39.3 Å². The highest BCUT2D eigenvalue weighted by Gasteiger charge is 2.34. The molecule has 1 saturated carbocycles. The minimum Gasteiger partial charge on any atom is -0.314 e. The largest absolute Gasteiger partial charge is 0.314 e. The SMILES string of the molecule is C1CNC(C2CCCC2NCc2nn[nH]n2)C1. The molecule has 2 aliphatic rings. The maximum Gasteiger partial charge on any atom is 0.188 e. The lowest BCUT2D eigenvalue weighted by atomic mass is 9.93. The molecule has 2 fully saturated rings. The summed E-state index contributed by atoms with van der Waals surface area (Å²) in [6, 6.07) is 1.34. The Bertz CT molecular complexity index is 332.